The predicted octanol–water partition coefficient (Wildman–Crippen LogP) is 5.58. The molecule has 0 bridgehead atoms. The first-order chi connectivity index (χ1) is 15.1. The Kier molecular flexibility index (Phi) is 4.84. The van der Waals surface area contributed by atoms with E-state index in [0.29, 0.717) is 5.82 Å². The predicted molar refractivity (Wildman–Crippen MR) is 122 cm³/mol. The molecule has 0 amide bonds. The summed E-state index contributed by atoms with van der Waals surface area (Å²) in [5.41, 5.74) is 4.38. The van der Waals surface area contributed by atoms with E-state index >= 15 is 0 Å². The number of hydrogen-bond acceptors (Lipinski definition) is 6. The van der Waals surface area contributed by atoms with Gasteiger partial charge < -0.3 is 9.47 Å². The summed E-state index contributed by atoms with van der Waals surface area (Å²) < 4.78 is 10.8. The highest BCUT2D eigenvalue weighted by Crippen LogP contribution is 2.32. The van der Waals surface area contributed by atoms with Crippen LogP contribution in [0.2, 0.25) is 5.28 Å². The molecule has 5 rings (SSSR count). The van der Waals surface area contributed by atoms with Crippen LogP contribution in [-0.4, -0.2) is 34.2 Å². The smallest absolute Gasteiger partial charge is 0.222 e. The van der Waals surface area contributed by atoms with Crippen molar-refractivity contribution in [3.63, 3.8) is 0 Å². The molecule has 0 unspecified atom stereocenters. The van der Waals surface area contributed by atoms with Crippen molar-refractivity contribution in [1.82, 2.24) is 19.9 Å². The van der Waals surface area contributed by atoms with Gasteiger partial charge in [0.05, 0.1) is 25.3 Å². The largest absolute Gasteiger partial charge is 0.497 e. The Bertz CT molecular complexity index is 1420. The maximum atomic E-state index is 6.01. The zero-order chi connectivity index (χ0) is 21.4. The van der Waals surface area contributed by atoms with E-state index in [1.165, 1.54) is 0 Å². The molecule has 0 saturated carbocycles. The molecule has 0 aliphatic heterocycles. The summed E-state index contributed by atoms with van der Waals surface area (Å²) >= 11 is 6.01. The van der Waals surface area contributed by atoms with Gasteiger partial charge in [0, 0.05) is 34.8 Å². The lowest BCUT2D eigenvalue weighted by Crippen LogP contribution is -1.94. The third kappa shape index (κ3) is 3.62. The third-order valence-corrected chi connectivity index (χ3v) is 5.27. The molecule has 0 atom stereocenters. The fraction of sp³-hybridized carbons (Fsp3) is 0.0833. The van der Waals surface area contributed by atoms with Crippen molar-refractivity contribution in [2.75, 3.05) is 14.2 Å². The van der Waals surface area contributed by atoms with Gasteiger partial charge in [0.1, 0.15) is 11.5 Å². The Morgan fingerprint density at radius 1 is 0.742 bits per heavy atom. The maximum Gasteiger partial charge on any atom is 0.222 e. The highest BCUT2D eigenvalue weighted by molar-refractivity contribution is 6.28. The van der Waals surface area contributed by atoms with E-state index in [9.17, 15) is 0 Å². The van der Waals surface area contributed by atoms with E-state index in [-0.39, 0.29) is 5.28 Å². The summed E-state index contributed by atoms with van der Waals surface area (Å²) in [5, 5.41) is 2.00. The van der Waals surface area contributed by atoms with Crippen molar-refractivity contribution in [2.45, 2.75) is 0 Å². The number of benzene rings is 3. The third-order valence-electron chi connectivity index (χ3n) is 5.09. The molecule has 0 spiro atoms. The minimum absolute atomic E-state index is 0.194. The second-order valence-electron chi connectivity index (χ2n) is 6.95. The molecule has 5 aromatic rings. The van der Waals surface area contributed by atoms with Crippen molar-refractivity contribution in [2.24, 2.45) is 0 Å². The van der Waals surface area contributed by atoms with Crippen LogP contribution < -0.4 is 9.47 Å². The molecule has 0 N–H and O–H groups in total. The topological polar surface area (TPSA) is 70.0 Å². The van der Waals surface area contributed by atoms with Gasteiger partial charge in [0.15, 0.2) is 5.82 Å². The van der Waals surface area contributed by atoms with Crippen molar-refractivity contribution in [3.05, 3.63) is 72.3 Å². The monoisotopic (exact) mass is 428 g/mol. The summed E-state index contributed by atoms with van der Waals surface area (Å²) in [4.78, 5) is 17.8. The summed E-state index contributed by atoms with van der Waals surface area (Å²) in [6.07, 6.45) is 3.52. The van der Waals surface area contributed by atoms with E-state index in [1.807, 2.05) is 54.7 Å². The van der Waals surface area contributed by atoms with E-state index in [2.05, 4.69) is 21.0 Å². The van der Waals surface area contributed by atoms with E-state index in [0.717, 1.165) is 50.0 Å². The first-order valence-corrected chi connectivity index (χ1v) is 9.94. The van der Waals surface area contributed by atoms with Crippen molar-refractivity contribution in [3.8, 4) is 34.0 Å². The second kappa shape index (κ2) is 7.81. The van der Waals surface area contributed by atoms with Gasteiger partial charge in [-0.15, -0.1) is 0 Å². The Balaban J connectivity index is 1.60. The summed E-state index contributed by atoms with van der Waals surface area (Å²) in [6, 6.07) is 17.6. The van der Waals surface area contributed by atoms with Gasteiger partial charge in [-0.1, -0.05) is 18.2 Å². The van der Waals surface area contributed by atoms with Crippen LogP contribution in [0.4, 0.5) is 0 Å². The average molecular weight is 429 g/mol. The zero-order valence-corrected chi connectivity index (χ0v) is 17.6. The number of methoxy groups -OCH3 is 2. The first-order valence-electron chi connectivity index (χ1n) is 9.56. The van der Waals surface area contributed by atoms with Crippen LogP contribution in [0.15, 0.2) is 67.0 Å². The van der Waals surface area contributed by atoms with Crippen LogP contribution in [0.1, 0.15) is 0 Å². The number of hydrogen-bond donors (Lipinski definition) is 0. The quantitative estimate of drug-likeness (QED) is 0.348. The SMILES string of the molecule is COc1cc(OC)cc(-c2ccc3nc(-c4cccc5cnc(Cl)nc45)ncc3c2)c1. The lowest BCUT2D eigenvalue weighted by molar-refractivity contribution is 0.394. The van der Waals surface area contributed by atoms with Crippen LogP contribution in [0.3, 0.4) is 0 Å². The minimum atomic E-state index is 0.194. The highest BCUT2D eigenvalue weighted by atomic mass is 35.5. The Hall–Kier alpha value is -3.77. The van der Waals surface area contributed by atoms with Gasteiger partial charge in [0.2, 0.25) is 5.28 Å². The van der Waals surface area contributed by atoms with Crippen LogP contribution in [0, 0.1) is 0 Å². The van der Waals surface area contributed by atoms with Gasteiger partial charge in [-0.3, -0.25) is 0 Å². The first kappa shape index (κ1) is 19.2. The van der Waals surface area contributed by atoms with E-state index in [1.54, 1.807) is 20.4 Å². The van der Waals surface area contributed by atoms with Crippen molar-refractivity contribution in [1.29, 1.82) is 0 Å². The molecule has 3 aromatic carbocycles. The van der Waals surface area contributed by atoms with Crippen molar-refractivity contribution < 1.29 is 9.47 Å². The molecular weight excluding hydrogens is 412 g/mol. The highest BCUT2D eigenvalue weighted by Gasteiger charge is 2.11. The normalized spacial score (nSPS) is 11.1. The number of para-hydroxylation sites is 1. The molecule has 0 fully saturated rings. The number of nitrogens with zero attached hydrogens (tertiary/aromatic N) is 4. The Labute approximate surface area is 183 Å². The molecule has 7 heteroatoms. The van der Waals surface area contributed by atoms with E-state index < -0.39 is 0 Å². The molecule has 6 nitrogen and oxygen atoms in total. The summed E-state index contributed by atoms with van der Waals surface area (Å²) in [7, 11) is 3.28. The van der Waals surface area contributed by atoms with Gasteiger partial charge in [-0.2, -0.15) is 0 Å². The van der Waals surface area contributed by atoms with Gasteiger partial charge in [0.25, 0.3) is 0 Å². The molecule has 0 aliphatic carbocycles. The van der Waals surface area contributed by atoms with Crippen LogP contribution in [0.25, 0.3) is 44.3 Å². The number of aromatic nitrogens is 4. The van der Waals surface area contributed by atoms with Gasteiger partial charge >= 0.3 is 0 Å². The Morgan fingerprint density at radius 3 is 2.29 bits per heavy atom. The molecule has 31 heavy (non-hydrogen) atoms. The van der Waals surface area contributed by atoms with E-state index in [4.69, 9.17) is 26.1 Å². The molecule has 0 radical (unpaired) electrons. The second-order valence-corrected chi connectivity index (χ2v) is 7.29. The molecule has 2 heterocycles. The molecule has 0 aliphatic rings. The number of halogens is 1. The summed E-state index contributed by atoms with van der Waals surface area (Å²) in [5.74, 6) is 2.05. The fourth-order valence-corrected chi connectivity index (χ4v) is 3.66. The van der Waals surface area contributed by atoms with Gasteiger partial charge in [-0.05, 0) is 53.1 Å². The zero-order valence-electron chi connectivity index (χ0n) is 16.8. The standard InChI is InChI=1S/C24H17ClN4O2/c1-30-18-9-16(10-19(11-18)31-2)14-6-7-21-17(8-14)13-26-23(28-21)20-5-3-4-15-12-27-24(25)29-22(15)20/h3-13H,1-2H3. The number of ether oxygens (including phenoxy) is 2. The van der Waals surface area contributed by atoms with Crippen LogP contribution in [-0.2, 0) is 0 Å². The lowest BCUT2D eigenvalue weighted by atomic mass is 10.0. The lowest BCUT2D eigenvalue weighted by Gasteiger charge is -2.10. The molecule has 0 saturated heterocycles. The fourth-order valence-electron chi connectivity index (χ4n) is 3.53. The van der Waals surface area contributed by atoms with Gasteiger partial charge in [-0.25, -0.2) is 19.9 Å². The molecular formula is C24H17ClN4O2. The molecule has 2 aromatic heterocycles. The number of fused-ring (bicyclic) bond motifs is 2. The maximum absolute atomic E-state index is 6.01. The average Bonchev–Trinajstić information content (AvgIpc) is 2.82. The summed E-state index contributed by atoms with van der Waals surface area (Å²) in [6.45, 7) is 0. The minimum Gasteiger partial charge on any atom is -0.497 e. The number of rotatable bonds is 4. The Morgan fingerprint density at radius 2 is 1.52 bits per heavy atom. The van der Waals surface area contributed by atoms with Crippen LogP contribution >= 0.6 is 11.6 Å². The molecule has 152 valence electrons. The van der Waals surface area contributed by atoms with Crippen molar-refractivity contribution >= 4 is 33.4 Å². The van der Waals surface area contributed by atoms with Crippen LogP contribution in [0.5, 0.6) is 11.5 Å².